The van der Waals surface area contributed by atoms with E-state index in [9.17, 15) is 0 Å². The largest absolute Gasteiger partial charge is 0.284 e. The molecule has 0 heterocycles. The molecular formula is C6H16N3P3. The minimum atomic E-state index is 0.403. The van der Waals surface area contributed by atoms with E-state index in [-0.39, 0.29) is 0 Å². The molecule has 0 bridgehead atoms. The maximum atomic E-state index is 6.63. The van der Waals surface area contributed by atoms with E-state index in [1.54, 1.807) is 0 Å². The van der Waals surface area contributed by atoms with Gasteiger partial charge in [-0.2, -0.15) is 4.52 Å². The average Bonchev–Trinajstić information content (AvgIpc) is 2.02. The number of nitrogens with zero attached hydrogens (tertiary/aromatic N) is 1. The molecule has 0 aliphatic carbocycles. The molecular weight excluding hydrogens is 207 g/mol. The number of hydrogen-bond acceptors (Lipinski definition) is 2. The van der Waals surface area contributed by atoms with Gasteiger partial charge in [0.1, 0.15) is 8.52 Å². The Kier molecular flexibility index (Phi) is 13.9. The fraction of sp³-hybridized carbons (Fsp3) is 1.00. The normalized spacial score (nSPS) is 11.2. The minimum Gasteiger partial charge on any atom is -0.284 e. The third kappa shape index (κ3) is 22.4. The van der Waals surface area contributed by atoms with Crippen molar-refractivity contribution in [3.8, 4) is 0 Å². The van der Waals surface area contributed by atoms with Crippen LogP contribution in [0.15, 0.2) is 4.52 Å². The highest BCUT2D eigenvalue weighted by atomic mass is 31.1. The smallest absolute Gasteiger partial charge is 0.149 e. The fourth-order valence-electron chi connectivity index (χ4n) is 0.129. The number of rotatable bonds is 3. The van der Waals surface area contributed by atoms with Crippen LogP contribution in [0.2, 0.25) is 0 Å². The van der Waals surface area contributed by atoms with Gasteiger partial charge in [-0.25, -0.2) is 0 Å². The number of hydrogen-bond donors (Lipinski definition) is 2. The predicted molar refractivity (Wildman–Crippen MR) is 58.9 cm³/mol. The summed E-state index contributed by atoms with van der Waals surface area (Å²) in [4.78, 5) is 0. The highest BCUT2D eigenvalue weighted by molar-refractivity contribution is 7.38. The summed E-state index contributed by atoms with van der Waals surface area (Å²) in [5, 5.41) is 13.2. The fourth-order valence-corrected chi connectivity index (χ4v) is 1.16. The lowest BCUT2D eigenvalue weighted by Crippen LogP contribution is -1.72. The quantitative estimate of drug-likeness (QED) is 0.613. The van der Waals surface area contributed by atoms with Gasteiger partial charge in [0.15, 0.2) is 0 Å². The van der Waals surface area contributed by atoms with E-state index >= 15 is 0 Å². The van der Waals surface area contributed by atoms with Crippen molar-refractivity contribution in [1.82, 2.24) is 0 Å². The van der Waals surface area contributed by atoms with Gasteiger partial charge in [0, 0.05) is 28.1 Å². The van der Waals surface area contributed by atoms with Crippen LogP contribution in [0.3, 0.4) is 0 Å². The minimum absolute atomic E-state index is 0.403. The molecule has 0 amide bonds. The molecule has 0 aliphatic rings. The SMILES string of the molecule is CC(C)P=N.CC(C)P=NP=N. The summed E-state index contributed by atoms with van der Waals surface area (Å²) in [6.07, 6.45) is 0. The number of nitrogens with one attached hydrogen (secondary N) is 2. The first-order valence-electron chi connectivity index (χ1n) is 3.67. The molecule has 3 nitrogen and oxygen atoms in total. The van der Waals surface area contributed by atoms with Gasteiger partial charge in [0.05, 0.1) is 0 Å². The first-order chi connectivity index (χ1) is 5.54. The highest BCUT2D eigenvalue weighted by Crippen LogP contribution is 2.13. The molecule has 70 valence electrons. The molecule has 0 aromatic rings. The Bertz CT molecular complexity index is 145. The van der Waals surface area contributed by atoms with Gasteiger partial charge in [-0.15, -0.1) is 0 Å². The van der Waals surface area contributed by atoms with Crippen LogP contribution in [-0.4, -0.2) is 11.3 Å². The lowest BCUT2D eigenvalue weighted by Gasteiger charge is -1.83. The van der Waals surface area contributed by atoms with Crippen LogP contribution in [0.5, 0.6) is 0 Å². The Morgan fingerprint density at radius 2 is 1.42 bits per heavy atom. The van der Waals surface area contributed by atoms with Crippen LogP contribution >= 0.6 is 25.3 Å². The average molecular weight is 223 g/mol. The maximum absolute atomic E-state index is 6.63. The topological polar surface area (TPSA) is 60.1 Å². The van der Waals surface area contributed by atoms with Gasteiger partial charge in [-0.3, -0.25) is 10.3 Å². The molecule has 0 saturated heterocycles. The van der Waals surface area contributed by atoms with Crippen LogP contribution in [0, 0.1) is 10.3 Å². The van der Waals surface area contributed by atoms with Crippen molar-refractivity contribution in [3.63, 3.8) is 0 Å². The van der Waals surface area contributed by atoms with Gasteiger partial charge in [0.2, 0.25) is 0 Å². The zero-order valence-corrected chi connectivity index (χ0v) is 10.6. The maximum Gasteiger partial charge on any atom is 0.149 e. The lowest BCUT2D eigenvalue weighted by atomic mass is 10.6. The molecule has 2 N–H and O–H groups in total. The standard InChI is InChI=1S/C3H8N2P2.C3H8NP/c1-3(2)6-5-7-4;1-3(2)5-4/h3-4H,1-2H3;3-4H,1-2H3. The van der Waals surface area contributed by atoms with E-state index in [4.69, 9.17) is 10.3 Å². The van der Waals surface area contributed by atoms with Crippen molar-refractivity contribution in [2.75, 3.05) is 0 Å². The molecule has 12 heavy (non-hydrogen) atoms. The summed E-state index contributed by atoms with van der Waals surface area (Å²) in [6, 6.07) is 0. The first kappa shape index (κ1) is 14.8. The summed E-state index contributed by atoms with van der Waals surface area (Å²) in [6.45, 7) is 8.20. The second-order valence-corrected chi connectivity index (χ2v) is 6.09. The Morgan fingerprint density at radius 1 is 1.00 bits per heavy atom. The molecule has 0 rings (SSSR count). The van der Waals surface area contributed by atoms with Crippen LogP contribution in [0.25, 0.3) is 0 Å². The Balaban J connectivity index is 0. The van der Waals surface area contributed by atoms with Crippen LogP contribution < -0.4 is 0 Å². The summed E-state index contributed by atoms with van der Waals surface area (Å²) >= 11 is 0. The molecule has 6 heteroatoms. The summed E-state index contributed by atoms with van der Waals surface area (Å²) in [5.41, 5.74) is 1.10. The molecule has 0 aliphatic heterocycles. The molecule has 0 fully saturated rings. The lowest BCUT2D eigenvalue weighted by molar-refractivity contribution is 1.10. The zero-order valence-electron chi connectivity index (χ0n) is 7.94. The van der Waals surface area contributed by atoms with Gasteiger partial charge >= 0.3 is 0 Å². The molecule has 0 saturated carbocycles. The van der Waals surface area contributed by atoms with Crippen molar-refractivity contribution in [3.05, 3.63) is 0 Å². The van der Waals surface area contributed by atoms with Crippen LogP contribution in [0.1, 0.15) is 27.7 Å². The monoisotopic (exact) mass is 223 g/mol. The Hall–Kier alpha value is 0.300. The zero-order chi connectivity index (χ0) is 9.98. The van der Waals surface area contributed by atoms with E-state index < -0.39 is 0 Å². The van der Waals surface area contributed by atoms with E-state index in [2.05, 4.69) is 18.4 Å². The van der Waals surface area contributed by atoms with E-state index in [1.165, 1.54) is 0 Å². The second-order valence-electron chi connectivity index (χ2n) is 2.62. The molecule has 0 radical (unpaired) electrons. The second kappa shape index (κ2) is 11.3. The van der Waals surface area contributed by atoms with Crippen molar-refractivity contribution in [1.29, 1.82) is 10.3 Å². The van der Waals surface area contributed by atoms with Crippen LogP contribution in [0.4, 0.5) is 0 Å². The predicted octanol–water partition coefficient (Wildman–Crippen LogP) is 5.25. The molecule has 0 unspecified atom stereocenters. The van der Waals surface area contributed by atoms with Gasteiger partial charge in [0.25, 0.3) is 0 Å². The third-order valence-electron chi connectivity index (χ3n) is 0.586. The first-order valence-corrected chi connectivity index (χ1v) is 6.40. The van der Waals surface area contributed by atoms with Crippen molar-refractivity contribution < 1.29 is 0 Å². The summed E-state index contributed by atoms with van der Waals surface area (Å²) in [5.74, 6) is 0. The summed E-state index contributed by atoms with van der Waals surface area (Å²) in [7, 11) is 2.18. The van der Waals surface area contributed by atoms with Crippen LogP contribution in [-0.2, 0) is 0 Å². The Morgan fingerprint density at radius 3 is 1.50 bits per heavy atom. The van der Waals surface area contributed by atoms with Crippen molar-refractivity contribution >= 4 is 25.3 Å². The molecule has 0 spiro atoms. The van der Waals surface area contributed by atoms with Crippen molar-refractivity contribution in [2.45, 2.75) is 39.0 Å². The van der Waals surface area contributed by atoms with Gasteiger partial charge in [-0.05, 0) is 0 Å². The molecule has 0 atom stereocenters. The molecule has 0 aromatic carbocycles. The van der Waals surface area contributed by atoms with Gasteiger partial charge < -0.3 is 0 Å². The summed E-state index contributed by atoms with van der Waals surface area (Å²) < 4.78 is 3.78. The van der Waals surface area contributed by atoms with Gasteiger partial charge in [-0.1, -0.05) is 27.7 Å². The van der Waals surface area contributed by atoms with E-state index in [0.717, 1.165) is 16.7 Å². The van der Waals surface area contributed by atoms with Crippen molar-refractivity contribution in [2.24, 2.45) is 4.52 Å². The van der Waals surface area contributed by atoms with E-state index in [1.807, 2.05) is 13.8 Å². The third-order valence-corrected chi connectivity index (χ3v) is 2.33. The highest BCUT2D eigenvalue weighted by Gasteiger charge is 1.81. The van der Waals surface area contributed by atoms with E-state index in [0.29, 0.717) is 19.8 Å². The molecule has 0 aromatic heterocycles. The Labute approximate surface area is 79.7 Å².